The number of nitrogens with one attached hydrogen (secondary N) is 1. The Bertz CT molecular complexity index is 351. The Morgan fingerprint density at radius 3 is 2.59 bits per heavy atom. The number of amides is 1. The molecule has 1 aromatic rings. The summed E-state index contributed by atoms with van der Waals surface area (Å²) in [5.41, 5.74) is 1.93. The average molecular weight is 253 g/mol. The standard InChI is InChI=1S/C13H19NO2S/c1-10(8-16-2)14-13(15)12-6-4-11(5-7-12)9-17-3/h4-7,10H,8-9H2,1-3H3,(H,14,15)/t10-/m1/s1. The number of benzene rings is 1. The molecule has 1 amide bonds. The van der Waals surface area contributed by atoms with Gasteiger partial charge in [0.05, 0.1) is 6.61 Å². The van der Waals surface area contributed by atoms with Crippen molar-refractivity contribution in [3.8, 4) is 0 Å². The molecule has 0 aliphatic rings. The van der Waals surface area contributed by atoms with Crippen molar-refractivity contribution < 1.29 is 9.53 Å². The van der Waals surface area contributed by atoms with Gasteiger partial charge in [-0.2, -0.15) is 11.8 Å². The fourth-order valence-electron chi connectivity index (χ4n) is 1.52. The van der Waals surface area contributed by atoms with E-state index in [0.29, 0.717) is 12.2 Å². The molecule has 17 heavy (non-hydrogen) atoms. The molecule has 3 nitrogen and oxygen atoms in total. The maximum Gasteiger partial charge on any atom is 0.251 e. The zero-order valence-corrected chi connectivity index (χ0v) is 11.3. The molecule has 0 spiro atoms. The molecule has 0 bridgehead atoms. The van der Waals surface area contributed by atoms with E-state index in [1.807, 2.05) is 31.2 Å². The van der Waals surface area contributed by atoms with Crippen molar-refractivity contribution in [3.05, 3.63) is 35.4 Å². The highest BCUT2D eigenvalue weighted by molar-refractivity contribution is 7.97. The summed E-state index contributed by atoms with van der Waals surface area (Å²) in [5, 5.41) is 2.88. The number of rotatable bonds is 6. The molecule has 1 N–H and O–H groups in total. The van der Waals surface area contributed by atoms with Gasteiger partial charge in [-0.05, 0) is 30.9 Å². The van der Waals surface area contributed by atoms with Crippen LogP contribution in [-0.4, -0.2) is 31.9 Å². The predicted molar refractivity (Wildman–Crippen MR) is 72.5 cm³/mol. The van der Waals surface area contributed by atoms with E-state index in [1.54, 1.807) is 18.9 Å². The minimum Gasteiger partial charge on any atom is -0.383 e. The third-order valence-electron chi connectivity index (χ3n) is 2.32. The number of carbonyl (C=O) groups excluding carboxylic acids is 1. The van der Waals surface area contributed by atoms with Gasteiger partial charge in [-0.3, -0.25) is 4.79 Å². The molecule has 0 saturated carbocycles. The van der Waals surface area contributed by atoms with Gasteiger partial charge in [0.15, 0.2) is 0 Å². The number of carbonyl (C=O) groups is 1. The predicted octanol–water partition coefficient (Wildman–Crippen LogP) is 2.31. The summed E-state index contributed by atoms with van der Waals surface area (Å²) in [6, 6.07) is 7.73. The highest BCUT2D eigenvalue weighted by atomic mass is 32.2. The minimum atomic E-state index is -0.0507. The highest BCUT2D eigenvalue weighted by Crippen LogP contribution is 2.10. The molecule has 0 unspecified atom stereocenters. The number of hydrogen-bond donors (Lipinski definition) is 1. The number of thioether (sulfide) groups is 1. The fraction of sp³-hybridized carbons (Fsp3) is 0.462. The lowest BCUT2D eigenvalue weighted by Gasteiger charge is -2.12. The molecule has 4 heteroatoms. The van der Waals surface area contributed by atoms with Crippen molar-refractivity contribution in [2.45, 2.75) is 18.7 Å². The number of ether oxygens (including phenoxy) is 1. The molecule has 0 aliphatic heterocycles. The van der Waals surface area contributed by atoms with Crippen LogP contribution in [0.2, 0.25) is 0 Å². The summed E-state index contributed by atoms with van der Waals surface area (Å²) in [7, 11) is 1.62. The van der Waals surface area contributed by atoms with Crippen LogP contribution in [0.1, 0.15) is 22.8 Å². The van der Waals surface area contributed by atoms with E-state index in [-0.39, 0.29) is 11.9 Å². The van der Waals surface area contributed by atoms with Gasteiger partial charge in [-0.15, -0.1) is 0 Å². The van der Waals surface area contributed by atoms with E-state index >= 15 is 0 Å². The lowest BCUT2D eigenvalue weighted by molar-refractivity contribution is 0.0905. The zero-order chi connectivity index (χ0) is 12.7. The SMILES string of the molecule is COC[C@@H](C)NC(=O)c1ccc(CSC)cc1. The summed E-state index contributed by atoms with van der Waals surface area (Å²) in [6.45, 7) is 2.44. The third kappa shape index (κ3) is 4.79. The van der Waals surface area contributed by atoms with E-state index in [1.165, 1.54) is 5.56 Å². The minimum absolute atomic E-state index is 0.0263. The molecule has 94 valence electrons. The molecule has 1 atom stereocenters. The first kappa shape index (κ1) is 14.1. The van der Waals surface area contributed by atoms with Crippen LogP contribution >= 0.6 is 11.8 Å². The monoisotopic (exact) mass is 253 g/mol. The van der Waals surface area contributed by atoms with Gasteiger partial charge < -0.3 is 10.1 Å². The first-order valence-corrected chi connectivity index (χ1v) is 6.94. The van der Waals surface area contributed by atoms with Gasteiger partial charge in [-0.25, -0.2) is 0 Å². The fourth-order valence-corrected chi connectivity index (χ4v) is 2.04. The first-order valence-electron chi connectivity index (χ1n) is 5.55. The van der Waals surface area contributed by atoms with Crippen molar-refractivity contribution in [2.75, 3.05) is 20.0 Å². The summed E-state index contributed by atoms with van der Waals surface area (Å²) in [4.78, 5) is 11.8. The maximum absolute atomic E-state index is 11.8. The highest BCUT2D eigenvalue weighted by Gasteiger charge is 2.09. The van der Waals surface area contributed by atoms with Crippen LogP contribution in [0.3, 0.4) is 0 Å². The van der Waals surface area contributed by atoms with E-state index in [2.05, 4.69) is 11.6 Å². The largest absolute Gasteiger partial charge is 0.383 e. The topological polar surface area (TPSA) is 38.3 Å². The molecule has 0 fully saturated rings. The smallest absolute Gasteiger partial charge is 0.251 e. The molecule has 0 aliphatic carbocycles. The van der Waals surface area contributed by atoms with Crippen LogP contribution in [0.25, 0.3) is 0 Å². The van der Waals surface area contributed by atoms with E-state index < -0.39 is 0 Å². The molecular weight excluding hydrogens is 234 g/mol. The Kier molecular flexibility index (Phi) is 6.08. The second-order valence-electron chi connectivity index (χ2n) is 3.96. The van der Waals surface area contributed by atoms with Gasteiger partial charge in [-0.1, -0.05) is 12.1 Å². The molecule has 0 radical (unpaired) electrons. The van der Waals surface area contributed by atoms with Crippen molar-refractivity contribution in [2.24, 2.45) is 0 Å². The van der Waals surface area contributed by atoms with E-state index in [9.17, 15) is 4.79 Å². The van der Waals surface area contributed by atoms with Crippen LogP contribution in [0, 0.1) is 0 Å². The zero-order valence-electron chi connectivity index (χ0n) is 10.5. The Hall–Kier alpha value is -1.00. The van der Waals surface area contributed by atoms with Crippen LogP contribution in [-0.2, 0) is 10.5 Å². The van der Waals surface area contributed by atoms with Crippen molar-refractivity contribution >= 4 is 17.7 Å². The molecule has 0 heterocycles. The van der Waals surface area contributed by atoms with Gasteiger partial charge in [0.25, 0.3) is 5.91 Å². The van der Waals surface area contributed by atoms with Crippen LogP contribution in [0.5, 0.6) is 0 Å². The Morgan fingerprint density at radius 1 is 1.41 bits per heavy atom. The molecule has 1 aromatic carbocycles. The lowest BCUT2D eigenvalue weighted by Crippen LogP contribution is -2.35. The Morgan fingerprint density at radius 2 is 2.06 bits per heavy atom. The average Bonchev–Trinajstić information content (AvgIpc) is 2.30. The molecular formula is C13H19NO2S. The molecule has 1 rings (SSSR count). The summed E-state index contributed by atoms with van der Waals surface area (Å²) < 4.78 is 4.97. The lowest BCUT2D eigenvalue weighted by atomic mass is 10.1. The third-order valence-corrected chi connectivity index (χ3v) is 2.94. The van der Waals surface area contributed by atoms with Crippen molar-refractivity contribution in [3.63, 3.8) is 0 Å². The summed E-state index contributed by atoms with van der Waals surface area (Å²) in [5.74, 6) is 0.923. The number of hydrogen-bond acceptors (Lipinski definition) is 3. The summed E-state index contributed by atoms with van der Waals surface area (Å²) >= 11 is 1.77. The molecule has 0 saturated heterocycles. The second kappa shape index (κ2) is 7.35. The van der Waals surface area contributed by atoms with Crippen LogP contribution in [0.4, 0.5) is 0 Å². The van der Waals surface area contributed by atoms with Crippen LogP contribution in [0.15, 0.2) is 24.3 Å². The molecule has 0 aromatic heterocycles. The van der Waals surface area contributed by atoms with Gasteiger partial charge in [0, 0.05) is 24.5 Å². The first-order chi connectivity index (χ1) is 8.17. The summed E-state index contributed by atoms with van der Waals surface area (Å²) in [6.07, 6.45) is 2.06. The van der Waals surface area contributed by atoms with Crippen molar-refractivity contribution in [1.82, 2.24) is 5.32 Å². The quantitative estimate of drug-likeness (QED) is 0.845. The van der Waals surface area contributed by atoms with Crippen molar-refractivity contribution in [1.29, 1.82) is 0 Å². The van der Waals surface area contributed by atoms with Gasteiger partial charge in [0.2, 0.25) is 0 Å². The van der Waals surface area contributed by atoms with E-state index in [0.717, 1.165) is 5.75 Å². The van der Waals surface area contributed by atoms with E-state index in [4.69, 9.17) is 4.74 Å². The Balaban J connectivity index is 2.57. The normalized spacial score (nSPS) is 12.2. The number of methoxy groups -OCH3 is 1. The van der Waals surface area contributed by atoms with Crippen LogP contribution < -0.4 is 5.32 Å². The maximum atomic E-state index is 11.8. The van der Waals surface area contributed by atoms with Gasteiger partial charge in [0.1, 0.15) is 0 Å². The Labute approximate surface area is 107 Å². The van der Waals surface area contributed by atoms with Gasteiger partial charge >= 0.3 is 0 Å². The second-order valence-corrected chi connectivity index (χ2v) is 4.83.